The summed E-state index contributed by atoms with van der Waals surface area (Å²) in [6, 6.07) is 15.3. The van der Waals surface area contributed by atoms with Crippen molar-refractivity contribution in [3.63, 3.8) is 0 Å². The highest BCUT2D eigenvalue weighted by Crippen LogP contribution is 2.20. The lowest BCUT2D eigenvalue weighted by atomic mass is 10.1. The van der Waals surface area contributed by atoms with E-state index in [4.69, 9.17) is 4.74 Å². The molecule has 0 heterocycles. The summed E-state index contributed by atoms with van der Waals surface area (Å²) in [5.41, 5.74) is 1.78. The smallest absolute Gasteiger partial charge is 0.254 e. The SMILES string of the molecule is COc1ccccc1CCN(C)C(=O)c1ccccc1Br. The Morgan fingerprint density at radius 3 is 2.52 bits per heavy atom. The lowest BCUT2D eigenvalue weighted by Gasteiger charge is -2.18. The van der Waals surface area contributed by atoms with Crippen molar-refractivity contribution in [1.29, 1.82) is 0 Å². The number of carbonyl (C=O) groups is 1. The molecule has 0 aliphatic carbocycles. The Hall–Kier alpha value is -1.81. The summed E-state index contributed by atoms with van der Waals surface area (Å²) in [5.74, 6) is 0.872. The highest BCUT2D eigenvalue weighted by molar-refractivity contribution is 9.10. The van der Waals surface area contributed by atoms with E-state index in [0.717, 1.165) is 22.2 Å². The second kappa shape index (κ2) is 7.27. The zero-order valence-electron chi connectivity index (χ0n) is 12.2. The molecule has 2 rings (SSSR count). The molecule has 0 aliphatic heterocycles. The van der Waals surface area contributed by atoms with E-state index in [1.54, 1.807) is 12.0 Å². The van der Waals surface area contributed by atoms with E-state index < -0.39 is 0 Å². The monoisotopic (exact) mass is 347 g/mol. The topological polar surface area (TPSA) is 29.5 Å². The molecule has 21 heavy (non-hydrogen) atoms. The van der Waals surface area contributed by atoms with E-state index in [1.807, 2.05) is 55.6 Å². The third-order valence-electron chi connectivity index (χ3n) is 3.36. The highest BCUT2D eigenvalue weighted by atomic mass is 79.9. The molecule has 0 fully saturated rings. The Kier molecular flexibility index (Phi) is 5.39. The van der Waals surface area contributed by atoms with Gasteiger partial charge in [-0.2, -0.15) is 0 Å². The summed E-state index contributed by atoms with van der Waals surface area (Å²) in [6.07, 6.45) is 0.761. The number of benzene rings is 2. The molecule has 1 amide bonds. The molecule has 0 atom stereocenters. The van der Waals surface area contributed by atoms with Crippen LogP contribution in [0.25, 0.3) is 0 Å². The first-order valence-electron chi connectivity index (χ1n) is 6.75. The minimum atomic E-state index is 0.0115. The fourth-order valence-corrected chi connectivity index (χ4v) is 2.59. The lowest BCUT2D eigenvalue weighted by Crippen LogP contribution is -2.29. The number of methoxy groups -OCH3 is 1. The van der Waals surface area contributed by atoms with Crippen molar-refractivity contribution in [2.24, 2.45) is 0 Å². The number of rotatable bonds is 5. The Bertz CT molecular complexity index is 628. The van der Waals surface area contributed by atoms with Crippen molar-refractivity contribution >= 4 is 21.8 Å². The number of ether oxygens (including phenoxy) is 1. The average molecular weight is 348 g/mol. The van der Waals surface area contributed by atoms with Crippen molar-refractivity contribution < 1.29 is 9.53 Å². The summed E-state index contributed by atoms with van der Waals surface area (Å²) in [4.78, 5) is 14.1. The van der Waals surface area contributed by atoms with Crippen LogP contribution in [-0.2, 0) is 6.42 Å². The molecule has 0 bridgehead atoms. The van der Waals surface area contributed by atoms with Crippen molar-refractivity contribution in [3.8, 4) is 5.75 Å². The van der Waals surface area contributed by atoms with Gasteiger partial charge in [0.05, 0.1) is 12.7 Å². The number of nitrogens with zero attached hydrogens (tertiary/aromatic N) is 1. The van der Waals surface area contributed by atoms with E-state index in [-0.39, 0.29) is 5.91 Å². The summed E-state index contributed by atoms with van der Waals surface area (Å²) in [6.45, 7) is 0.639. The van der Waals surface area contributed by atoms with E-state index >= 15 is 0 Å². The first kappa shape index (κ1) is 15.6. The summed E-state index contributed by atoms with van der Waals surface area (Å²) in [5, 5.41) is 0. The molecule has 110 valence electrons. The molecular weight excluding hydrogens is 330 g/mol. The van der Waals surface area contributed by atoms with E-state index in [2.05, 4.69) is 15.9 Å². The van der Waals surface area contributed by atoms with Crippen molar-refractivity contribution in [2.75, 3.05) is 20.7 Å². The van der Waals surface area contributed by atoms with Gasteiger partial charge in [0.15, 0.2) is 0 Å². The van der Waals surface area contributed by atoms with Gasteiger partial charge in [0, 0.05) is 18.1 Å². The molecule has 0 saturated heterocycles. The van der Waals surface area contributed by atoms with Crippen LogP contribution in [0.5, 0.6) is 5.75 Å². The van der Waals surface area contributed by atoms with Crippen LogP contribution in [0.3, 0.4) is 0 Å². The quantitative estimate of drug-likeness (QED) is 0.823. The predicted octanol–water partition coefficient (Wildman–Crippen LogP) is 3.77. The number of hydrogen-bond donors (Lipinski definition) is 0. The van der Waals surface area contributed by atoms with Crippen LogP contribution >= 0.6 is 15.9 Å². The van der Waals surface area contributed by atoms with Crippen LogP contribution < -0.4 is 4.74 Å². The minimum absolute atomic E-state index is 0.0115. The van der Waals surface area contributed by atoms with Gasteiger partial charge in [-0.05, 0) is 46.1 Å². The molecule has 0 saturated carbocycles. The largest absolute Gasteiger partial charge is 0.496 e. The van der Waals surface area contributed by atoms with Gasteiger partial charge in [-0.1, -0.05) is 30.3 Å². The molecule has 0 radical (unpaired) electrons. The molecule has 2 aromatic carbocycles. The van der Waals surface area contributed by atoms with E-state index in [0.29, 0.717) is 12.1 Å². The van der Waals surface area contributed by atoms with Crippen LogP contribution in [0.4, 0.5) is 0 Å². The lowest BCUT2D eigenvalue weighted by molar-refractivity contribution is 0.0795. The Morgan fingerprint density at radius 1 is 1.14 bits per heavy atom. The van der Waals surface area contributed by atoms with Gasteiger partial charge in [0.2, 0.25) is 0 Å². The number of likely N-dealkylation sites (N-methyl/N-ethyl adjacent to an activating group) is 1. The van der Waals surface area contributed by atoms with Gasteiger partial charge < -0.3 is 9.64 Å². The second-order valence-corrected chi connectivity index (χ2v) is 5.62. The van der Waals surface area contributed by atoms with Crippen molar-refractivity contribution in [1.82, 2.24) is 4.90 Å². The zero-order valence-corrected chi connectivity index (χ0v) is 13.8. The van der Waals surface area contributed by atoms with Crippen LogP contribution in [0.2, 0.25) is 0 Å². The third-order valence-corrected chi connectivity index (χ3v) is 4.05. The van der Waals surface area contributed by atoms with Crippen molar-refractivity contribution in [3.05, 3.63) is 64.1 Å². The molecule has 0 spiro atoms. The maximum Gasteiger partial charge on any atom is 0.254 e. The first-order chi connectivity index (χ1) is 10.1. The second-order valence-electron chi connectivity index (χ2n) is 4.77. The number of hydrogen-bond acceptors (Lipinski definition) is 2. The summed E-state index contributed by atoms with van der Waals surface area (Å²) in [7, 11) is 3.48. The molecule has 4 heteroatoms. The summed E-state index contributed by atoms with van der Waals surface area (Å²) < 4.78 is 6.15. The Labute approximate surface area is 133 Å². The van der Waals surface area contributed by atoms with Gasteiger partial charge in [0.1, 0.15) is 5.75 Å². The third kappa shape index (κ3) is 3.85. The normalized spacial score (nSPS) is 10.2. The number of amides is 1. The zero-order chi connectivity index (χ0) is 15.2. The van der Waals surface area contributed by atoms with E-state index in [9.17, 15) is 4.79 Å². The van der Waals surface area contributed by atoms with Gasteiger partial charge in [0.25, 0.3) is 5.91 Å². The van der Waals surface area contributed by atoms with E-state index in [1.165, 1.54) is 0 Å². The molecule has 0 N–H and O–H groups in total. The average Bonchev–Trinajstić information content (AvgIpc) is 2.52. The highest BCUT2D eigenvalue weighted by Gasteiger charge is 2.14. The number of para-hydroxylation sites is 1. The molecule has 0 aliphatic rings. The molecular formula is C17H18BrNO2. The van der Waals surface area contributed by atoms with Crippen LogP contribution in [-0.4, -0.2) is 31.5 Å². The van der Waals surface area contributed by atoms with Gasteiger partial charge in [-0.25, -0.2) is 0 Å². The Morgan fingerprint density at radius 2 is 1.81 bits per heavy atom. The minimum Gasteiger partial charge on any atom is -0.496 e. The fraction of sp³-hybridized carbons (Fsp3) is 0.235. The van der Waals surface area contributed by atoms with Crippen LogP contribution in [0.1, 0.15) is 15.9 Å². The predicted molar refractivity (Wildman–Crippen MR) is 87.8 cm³/mol. The van der Waals surface area contributed by atoms with Gasteiger partial charge >= 0.3 is 0 Å². The maximum absolute atomic E-state index is 12.4. The molecule has 2 aromatic rings. The number of carbonyl (C=O) groups excluding carboxylic acids is 1. The standard InChI is InChI=1S/C17H18BrNO2/c1-19(17(20)14-8-4-5-9-15(14)18)12-11-13-7-3-6-10-16(13)21-2/h3-10H,11-12H2,1-2H3. The van der Waals surface area contributed by atoms with Crippen LogP contribution in [0, 0.1) is 0 Å². The first-order valence-corrected chi connectivity index (χ1v) is 7.54. The van der Waals surface area contributed by atoms with Crippen molar-refractivity contribution in [2.45, 2.75) is 6.42 Å². The molecule has 0 aromatic heterocycles. The summed E-state index contributed by atoms with van der Waals surface area (Å²) >= 11 is 3.42. The fourth-order valence-electron chi connectivity index (χ4n) is 2.14. The maximum atomic E-state index is 12.4. The van der Waals surface area contributed by atoms with Gasteiger partial charge in [-0.15, -0.1) is 0 Å². The molecule has 0 unspecified atom stereocenters. The Balaban J connectivity index is 2.03. The van der Waals surface area contributed by atoms with Gasteiger partial charge in [-0.3, -0.25) is 4.79 Å². The van der Waals surface area contributed by atoms with Crippen LogP contribution in [0.15, 0.2) is 53.0 Å². The number of halogens is 1. The molecule has 3 nitrogen and oxygen atoms in total.